The van der Waals surface area contributed by atoms with E-state index >= 15 is 0 Å². The van der Waals surface area contributed by atoms with Crippen LogP contribution in [0.15, 0.2) is 48.5 Å². The molecule has 0 spiro atoms. The number of hydrogen-bond donors (Lipinski definition) is 0. The van der Waals surface area contributed by atoms with Gasteiger partial charge in [0, 0.05) is 19.5 Å². The van der Waals surface area contributed by atoms with E-state index in [4.69, 9.17) is 14.5 Å². The molecule has 2 aromatic carbocycles. The minimum absolute atomic E-state index is 0.162. The number of nitrogens with zero attached hydrogens (tertiary/aromatic N) is 2. The molecule has 3 aromatic rings. The molecule has 0 bridgehead atoms. The van der Waals surface area contributed by atoms with Gasteiger partial charge in [-0.05, 0) is 70.3 Å². The summed E-state index contributed by atoms with van der Waals surface area (Å²) in [5, 5.41) is 0.997. The number of aryl methyl sites for hydroxylation is 1. The molecule has 1 aliphatic heterocycles. The first-order chi connectivity index (χ1) is 15.8. The first kappa shape index (κ1) is 23.9. The van der Waals surface area contributed by atoms with Gasteiger partial charge in [0.15, 0.2) is 0 Å². The van der Waals surface area contributed by atoms with Crippen molar-refractivity contribution in [1.82, 2.24) is 9.88 Å². The van der Waals surface area contributed by atoms with Gasteiger partial charge in [0.05, 0.1) is 16.3 Å². The summed E-state index contributed by atoms with van der Waals surface area (Å²) in [6, 6.07) is 16.7. The lowest BCUT2D eigenvalue weighted by molar-refractivity contribution is -0.154. The number of fused-ring (bicyclic) bond motifs is 1. The van der Waals surface area contributed by atoms with Crippen LogP contribution in [0, 0.1) is 0 Å². The van der Waals surface area contributed by atoms with Crippen LogP contribution < -0.4 is 0 Å². The zero-order valence-electron chi connectivity index (χ0n) is 20.0. The van der Waals surface area contributed by atoms with Gasteiger partial charge in [-0.1, -0.05) is 36.4 Å². The Hall–Kier alpha value is -2.28. The molecule has 1 aliphatic rings. The van der Waals surface area contributed by atoms with Crippen LogP contribution in [0.25, 0.3) is 10.2 Å². The largest absolute Gasteiger partial charge is 0.460 e. The van der Waals surface area contributed by atoms with Gasteiger partial charge in [-0.15, -0.1) is 11.3 Å². The number of esters is 1. The lowest BCUT2D eigenvalue weighted by Gasteiger charge is -2.31. The molecule has 2 heterocycles. The van der Waals surface area contributed by atoms with Gasteiger partial charge in [0.1, 0.15) is 16.7 Å². The summed E-state index contributed by atoms with van der Waals surface area (Å²) in [4.78, 5) is 19.3. The third-order valence-corrected chi connectivity index (χ3v) is 6.93. The minimum Gasteiger partial charge on any atom is -0.460 e. The highest BCUT2D eigenvalue weighted by Gasteiger charge is 2.26. The fourth-order valence-corrected chi connectivity index (χ4v) is 5.13. The zero-order valence-corrected chi connectivity index (χ0v) is 20.9. The van der Waals surface area contributed by atoms with E-state index in [0.717, 1.165) is 47.6 Å². The van der Waals surface area contributed by atoms with Gasteiger partial charge in [0.2, 0.25) is 0 Å². The first-order valence-electron chi connectivity index (χ1n) is 11.8. The van der Waals surface area contributed by atoms with Crippen LogP contribution >= 0.6 is 11.3 Å². The third kappa shape index (κ3) is 6.62. The Bertz CT molecular complexity index is 1030. The predicted octanol–water partition coefficient (Wildman–Crippen LogP) is 5.77. The van der Waals surface area contributed by atoms with Crippen molar-refractivity contribution < 1.29 is 14.3 Å². The minimum atomic E-state index is -0.448. The molecule has 5 nitrogen and oxygen atoms in total. The second kappa shape index (κ2) is 10.3. The number of piperidine rings is 1. The van der Waals surface area contributed by atoms with E-state index in [1.54, 1.807) is 11.3 Å². The standard InChI is InChI=1S/C27H34N2O3S/c1-27(2,3)32-24(30)14-11-19-9-12-20(13-10-19)25(31-21-15-17-29(4)18-16-21)26-28-22-7-5-6-8-23(22)33-26/h5-10,12-13,21,25H,11,14-18H2,1-4H3. The average Bonchev–Trinajstić information content (AvgIpc) is 3.20. The van der Waals surface area contributed by atoms with Gasteiger partial charge >= 0.3 is 5.97 Å². The fraction of sp³-hybridized carbons (Fsp3) is 0.481. The summed E-state index contributed by atoms with van der Waals surface area (Å²) in [6.45, 7) is 7.80. The topological polar surface area (TPSA) is 51.7 Å². The van der Waals surface area contributed by atoms with E-state index in [-0.39, 0.29) is 18.2 Å². The number of rotatable bonds is 7. The number of hydrogen-bond acceptors (Lipinski definition) is 6. The molecule has 0 saturated carbocycles. The molecule has 1 aromatic heterocycles. The Labute approximate surface area is 200 Å². The van der Waals surface area contributed by atoms with Crippen LogP contribution in [0.4, 0.5) is 0 Å². The second-order valence-electron chi connectivity index (χ2n) is 9.87. The molecular weight excluding hydrogens is 432 g/mol. The summed E-state index contributed by atoms with van der Waals surface area (Å²) >= 11 is 1.71. The maximum absolute atomic E-state index is 12.1. The Morgan fingerprint density at radius 2 is 1.82 bits per heavy atom. The maximum Gasteiger partial charge on any atom is 0.306 e. The van der Waals surface area contributed by atoms with Crippen LogP contribution in [0.3, 0.4) is 0 Å². The Kier molecular flexibility index (Phi) is 7.47. The molecule has 1 saturated heterocycles. The van der Waals surface area contributed by atoms with Crippen molar-refractivity contribution >= 4 is 27.5 Å². The summed E-state index contributed by atoms with van der Waals surface area (Å²) in [6.07, 6.45) is 3.15. The number of carbonyl (C=O) groups is 1. The SMILES string of the molecule is CN1CCC(OC(c2ccc(CCC(=O)OC(C)(C)C)cc2)c2nc3ccccc3s2)CC1. The lowest BCUT2D eigenvalue weighted by Crippen LogP contribution is -2.35. The van der Waals surface area contributed by atoms with Crippen LogP contribution in [0.1, 0.15) is 62.3 Å². The van der Waals surface area contributed by atoms with Crippen LogP contribution in [-0.2, 0) is 20.7 Å². The molecule has 1 unspecified atom stereocenters. The molecule has 6 heteroatoms. The molecule has 1 fully saturated rings. The number of carbonyl (C=O) groups excluding carboxylic acids is 1. The monoisotopic (exact) mass is 466 g/mol. The van der Waals surface area contributed by atoms with Gasteiger partial charge in [0.25, 0.3) is 0 Å². The number of benzene rings is 2. The molecule has 4 rings (SSSR count). The van der Waals surface area contributed by atoms with Crippen molar-refractivity contribution in [3.63, 3.8) is 0 Å². The number of thiazole rings is 1. The fourth-order valence-electron chi connectivity index (χ4n) is 4.09. The van der Waals surface area contributed by atoms with E-state index in [1.807, 2.05) is 26.8 Å². The van der Waals surface area contributed by atoms with Gasteiger partial charge < -0.3 is 14.4 Å². The first-order valence-corrected chi connectivity index (χ1v) is 12.6. The highest BCUT2D eigenvalue weighted by Crippen LogP contribution is 2.35. The number of likely N-dealkylation sites (tertiary alicyclic amines) is 1. The normalized spacial score (nSPS) is 16.7. The Morgan fingerprint density at radius 3 is 2.48 bits per heavy atom. The molecule has 33 heavy (non-hydrogen) atoms. The molecule has 1 atom stereocenters. The van der Waals surface area contributed by atoms with E-state index < -0.39 is 5.60 Å². The maximum atomic E-state index is 12.1. The summed E-state index contributed by atoms with van der Waals surface area (Å²) in [5.41, 5.74) is 2.79. The molecule has 0 amide bonds. The third-order valence-electron chi connectivity index (χ3n) is 5.85. The highest BCUT2D eigenvalue weighted by molar-refractivity contribution is 7.18. The smallest absolute Gasteiger partial charge is 0.306 e. The number of aromatic nitrogens is 1. The molecule has 0 radical (unpaired) electrons. The average molecular weight is 467 g/mol. The summed E-state index contributed by atoms with van der Waals surface area (Å²) in [5.74, 6) is -0.162. The van der Waals surface area contributed by atoms with Crippen LogP contribution in [0.2, 0.25) is 0 Å². The highest BCUT2D eigenvalue weighted by atomic mass is 32.1. The molecular formula is C27H34N2O3S. The van der Waals surface area contributed by atoms with E-state index in [1.165, 1.54) is 4.70 Å². The lowest BCUT2D eigenvalue weighted by atomic mass is 10.0. The van der Waals surface area contributed by atoms with E-state index in [0.29, 0.717) is 12.8 Å². The van der Waals surface area contributed by atoms with Crippen LogP contribution in [0.5, 0.6) is 0 Å². The molecule has 0 aliphatic carbocycles. The van der Waals surface area contributed by atoms with Crippen molar-refractivity contribution in [2.45, 2.75) is 64.3 Å². The van der Waals surface area contributed by atoms with Gasteiger partial charge in [-0.2, -0.15) is 0 Å². The van der Waals surface area contributed by atoms with Crippen molar-refractivity contribution in [2.75, 3.05) is 20.1 Å². The Balaban J connectivity index is 1.50. The van der Waals surface area contributed by atoms with Crippen molar-refractivity contribution in [3.8, 4) is 0 Å². The molecule has 176 valence electrons. The van der Waals surface area contributed by atoms with E-state index in [2.05, 4.69) is 54.4 Å². The molecule has 0 N–H and O–H groups in total. The van der Waals surface area contributed by atoms with Crippen LogP contribution in [-0.4, -0.2) is 47.7 Å². The van der Waals surface area contributed by atoms with E-state index in [9.17, 15) is 4.79 Å². The Morgan fingerprint density at radius 1 is 1.12 bits per heavy atom. The summed E-state index contributed by atoms with van der Waals surface area (Å²) < 4.78 is 13.3. The predicted molar refractivity (Wildman–Crippen MR) is 134 cm³/mol. The van der Waals surface area contributed by atoms with Gasteiger partial charge in [-0.25, -0.2) is 4.98 Å². The van der Waals surface area contributed by atoms with Crippen molar-refractivity contribution in [1.29, 1.82) is 0 Å². The van der Waals surface area contributed by atoms with Gasteiger partial charge in [-0.3, -0.25) is 4.79 Å². The summed E-state index contributed by atoms with van der Waals surface area (Å²) in [7, 11) is 2.16. The quantitative estimate of drug-likeness (QED) is 0.414. The second-order valence-corrected chi connectivity index (χ2v) is 10.9. The van der Waals surface area contributed by atoms with Crippen molar-refractivity contribution in [2.24, 2.45) is 0 Å². The zero-order chi connectivity index (χ0) is 23.4. The number of ether oxygens (including phenoxy) is 2. The number of para-hydroxylation sites is 1. The van der Waals surface area contributed by atoms with Crippen molar-refractivity contribution in [3.05, 3.63) is 64.7 Å².